The van der Waals surface area contributed by atoms with Crippen LogP contribution < -0.4 is 5.32 Å². The van der Waals surface area contributed by atoms with Crippen LogP contribution in [-0.4, -0.2) is 41.0 Å². The number of rotatable bonds is 7. The average Bonchev–Trinajstić information content (AvgIpc) is 3.56. The summed E-state index contributed by atoms with van der Waals surface area (Å²) in [4.78, 5) is 33.1. The molecule has 0 fully saturated rings. The van der Waals surface area contributed by atoms with Gasteiger partial charge in [-0.25, -0.2) is 0 Å². The standard InChI is InChI=1S/C28H24N8O/c1-2-3-4-27(37)33-19-9-18(12-30-13-19)23-11-21-26(16-32-23)35-36-28(21)24-10-20-22(14-31-15-25(20)34-24)17-5-7-29-8-6-17/h5-16,34H,2-4H2,1H3,(H,33,37)(H,35,36). The molecule has 0 aliphatic carbocycles. The summed E-state index contributed by atoms with van der Waals surface area (Å²) in [5.41, 5.74) is 7.67. The minimum absolute atomic E-state index is 0.0132. The molecule has 0 radical (unpaired) electrons. The maximum atomic E-state index is 12.2. The predicted molar refractivity (Wildman–Crippen MR) is 144 cm³/mol. The number of unbranched alkanes of at least 4 members (excludes halogenated alkanes) is 1. The van der Waals surface area contributed by atoms with E-state index < -0.39 is 0 Å². The Bertz CT molecular complexity index is 1720. The first-order valence-corrected chi connectivity index (χ1v) is 12.2. The summed E-state index contributed by atoms with van der Waals surface area (Å²) in [7, 11) is 0. The van der Waals surface area contributed by atoms with Crippen LogP contribution in [-0.2, 0) is 4.79 Å². The first kappa shape index (κ1) is 22.5. The van der Waals surface area contributed by atoms with E-state index in [2.05, 4.69) is 53.4 Å². The van der Waals surface area contributed by atoms with Crippen LogP contribution in [0.1, 0.15) is 26.2 Å². The Morgan fingerprint density at radius 1 is 0.892 bits per heavy atom. The molecule has 6 rings (SSSR count). The van der Waals surface area contributed by atoms with Crippen molar-refractivity contribution in [1.29, 1.82) is 0 Å². The monoisotopic (exact) mass is 488 g/mol. The van der Waals surface area contributed by atoms with Gasteiger partial charge in [0.2, 0.25) is 5.91 Å². The van der Waals surface area contributed by atoms with Crippen molar-refractivity contribution in [2.24, 2.45) is 0 Å². The van der Waals surface area contributed by atoms with Gasteiger partial charge >= 0.3 is 0 Å². The summed E-state index contributed by atoms with van der Waals surface area (Å²) in [5, 5.41) is 12.6. The van der Waals surface area contributed by atoms with E-state index in [1.165, 1.54) is 0 Å². The largest absolute Gasteiger partial charge is 0.352 e. The van der Waals surface area contributed by atoms with Crippen LogP contribution in [0.4, 0.5) is 5.69 Å². The van der Waals surface area contributed by atoms with Crippen molar-refractivity contribution in [3.8, 4) is 33.8 Å². The third kappa shape index (κ3) is 4.42. The molecule has 0 atom stereocenters. The normalized spacial score (nSPS) is 11.3. The van der Waals surface area contributed by atoms with Crippen LogP contribution in [0.2, 0.25) is 0 Å². The van der Waals surface area contributed by atoms with Crippen LogP contribution in [0, 0.1) is 0 Å². The third-order valence-corrected chi connectivity index (χ3v) is 6.31. The Labute approximate surface area is 212 Å². The van der Waals surface area contributed by atoms with Crippen LogP contribution in [0.3, 0.4) is 0 Å². The van der Waals surface area contributed by atoms with Gasteiger partial charge in [-0.05, 0) is 42.3 Å². The molecule has 0 bridgehead atoms. The van der Waals surface area contributed by atoms with E-state index in [0.29, 0.717) is 12.1 Å². The van der Waals surface area contributed by atoms with Gasteiger partial charge in [-0.2, -0.15) is 5.10 Å². The van der Waals surface area contributed by atoms with E-state index in [1.807, 2.05) is 36.7 Å². The molecule has 9 heteroatoms. The highest BCUT2D eigenvalue weighted by Gasteiger charge is 2.15. The highest BCUT2D eigenvalue weighted by atomic mass is 16.1. The lowest BCUT2D eigenvalue weighted by Crippen LogP contribution is -2.11. The molecule has 0 spiro atoms. The molecule has 0 aromatic carbocycles. The van der Waals surface area contributed by atoms with Crippen molar-refractivity contribution < 1.29 is 4.79 Å². The third-order valence-electron chi connectivity index (χ3n) is 6.31. The van der Waals surface area contributed by atoms with E-state index in [4.69, 9.17) is 0 Å². The van der Waals surface area contributed by atoms with Crippen molar-refractivity contribution in [3.63, 3.8) is 0 Å². The van der Waals surface area contributed by atoms with E-state index in [-0.39, 0.29) is 5.91 Å². The number of nitrogens with zero attached hydrogens (tertiary/aromatic N) is 5. The molecule has 0 saturated carbocycles. The van der Waals surface area contributed by atoms with E-state index in [1.54, 1.807) is 31.0 Å². The maximum absolute atomic E-state index is 12.2. The summed E-state index contributed by atoms with van der Waals surface area (Å²) in [6, 6.07) is 9.91. The molecule has 0 unspecified atom stereocenters. The van der Waals surface area contributed by atoms with Crippen LogP contribution >= 0.6 is 0 Å². The molecule has 182 valence electrons. The first-order chi connectivity index (χ1) is 18.2. The molecule has 6 aromatic rings. The van der Waals surface area contributed by atoms with Crippen molar-refractivity contribution in [3.05, 3.63) is 73.7 Å². The summed E-state index contributed by atoms with van der Waals surface area (Å²) in [5.74, 6) is -0.0132. The molecule has 6 aromatic heterocycles. The summed E-state index contributed by atoms with van der Waals surface area (Å²) in [6.07, 6.45) is 14.7. The molecule has 6 heterocycles. The second-order valence-corrected chi connectivity index (χ2v) is 8.87. The second kappa shape index (κ2) is 9.62. The predicted octanol–water partition coefficient (Wildman–Crippen LogP) is 5.75. The molecular weight excluding hydrogens is 464 g/mol. The Hall–Kier alpha value is -4.92. The zero-order valence-electron chi connectivity index (χ0n) is 20.2. The van der Waals surface area contributed by atoms with Crippen molar-refractivity contribution in [1.82, 2.24) is 35.1 Å². The first-order valence-electron chi connectivity index (χ1n) is 12.2. The van der Waals surface area contributed by atoms with Crippen molar-refractivity contribution in [2.75, 3.05) is 5.32 Å². The SMILES string of the molecule is CCCCC(=O)Nc1cncc(-c2cc3c(-c4cc5c(-c6ccncc6)cncc5[nH]4)n[nH]c3cn2)c1. The van der Waals surface area contributed by atoms with Gasteiger partial charge in [0.15, 0.2) is 0 Å². The molecule has 0 aliphatic heterocycles. The molecule has 3 N–H and O–H groups in total. The van der Waals surface area contributed by atoms with Gasteiger partial charge in [-0.1, -0.05) is 13.3 Å². The molecular formula is C28H24N8O. The number of aromatic amines is 2. The second-order valence-electron chi connectivity index (χ2n) is 8.87. The van der Waals surface area contributed by atoms with Crippen molar-refractivity contribution >= 4 is 33.4 Å². The van der Waals surface area contributed by atoms with Crippen LogP contribution in [0.15, 0.2) is 73.7 Å². The lowest BCUT2D eigenvalue weighted by Gasteiger charge is -2.07. The highest BCUT2D eigenvalue weighted by Crippen LogP contribution is 2.34. The number of anilines is 1. The summed E-state index contributed by atoms with van der Waals surface area (Å²) < 4.78 is 0. The van der Waals surface area contributed by atoms with Crippen molar-refractivity contribution in [2.45, 2.75) is 26.2 Å². The van der Waals surface area contributed by atoms with Crippen LogP contribution in [0.5, 0.6) is 0 Å². The van der Waals surface area contributed by atoms with E-state index in [0.717, 1.165) is 68.4 Å². The van der Waals surface area contributed by atoms with Gasteiger partial charge in [0.1, 0.15) is 5.69 Å². The highest BCUT2D eigenvalue weighted by molar-refractivity contribution is 6.01. The summed E-state index contributed by atoms with van der Waals surface area (Å²) >= 11 is 0. The Kier molecular flexibility index (Phi) is 5.86. The Morgan fingerprint density at radius 2 is 1.76 bits per heavy atom. The zero-order chi connectivity index (χ0) is 25.2. The van der Waals surface area contributed by atoms with Crippen LogP contribution in [0.25, 0.3) is 55.6 Å². The fraction of sp³-hybridized carbons (Fsp3) is 0.143. The maximum Gasteiger partial charge on any atom is 0.224 e. The number of fused-ring (bicyclic) bond motifs is 2. The van der Waals surface area contributed by atoms with Gasteiger partial charge < -0.3 is 10.3 Å². The quantitative estimate of drug-likeness (QED) is 0.263. The number of carbonyl (C=O) groups is 1. The zero-order valence-corrected chi connectivity index (χ0v) is 20.2. The van der Waals surface area contributed by atoms with Gasteiger partial charge in [0.05, 0.1) is 46.7 Å². The minimum atomic E-state index is -0.0132. The molecule has 37 heavy (non-hydrogen) atoms. The number of nitrogens with one attached hydrogen (secondary N) is 3. The number of hydrogen-bond acceptors (Lipinski definition) is 6. The van der Waals surface area contributed by atoms with Gasteiger partial charge in [-0.3, -0.25) is 29.8 Å². The van der Waals surface area contributed by atoms with E-state index in [9.17, 15) is 4.79 Å². The molecule has 0 aliphatic rings. The molecule has 1 amide bonds. The minimum Gasteiger partial charge on any atom is -0.352 e. The van der Waals surface area contributed by atoms with E-state index >= 15 is 0 Å². The average molecular weight is 489 g/mol. The smallest absolute Gasteiger partial charge is 0.224 e. The number of aromatic nitrogens is 7. The number of H-pyrrole nitrogens is 2. The van der Waals surface area contributed by atoms with Gasteiger partial charge in [0, 0.05) is 53.1 Å². The summed E-state index contributed by atoms with van der Waals surface area (Å²) in [6.45, 7) is 2.06. The lowest BCUT2D eigenvalue weighted by molar-refractivity contribution is -0.116. The number of amides is 1. The topological polar surface area (TPSA) is 125 Å². The molecule has 0 saturated heterocycles. The number of pyridine rings is 4. The fourth-order valence-electron chi connectivity index (χ4n) is 4.43. The van der Waals surface area contributed by atoms with Gasteiger partial charge in [-0.15, -0.1) is 0 Å². The lowest BCUT2D eigenvalue weighted by atomic mass is 10.1. The fourth-order valence-corrected chi connectivity index (χ4v) is 4.43. The number of hydrogen-bond donors (Lipinski definition) is 3. The Balaban J connectivity index is 1.37. The Morgan fingerprint density at radius 3 is 2.62 bits per heavy atom. The number of carbonyl (C=O) groups excluding carboxylic acids is 1. The van der Waals surface area contributed by atoms with Gasteiger partial charge in [0.25, 0.3) is 0 Å². The molecule has 9 nitrogen and oxygen atoms in total.